The molecule has 2 heterocycles. The van der Waals surface area contributed by atoms with E-state index in [9.17, 15) is 13.2 Å². The molecule has 4 nitrogen and oxygen atoms in total. The lowest BCUT2D eigenvalue weighted by Crippen LogP contribution is -2.55. The summed E-state index contributed by atoms with van der Waals surface area (Å²) in [5, 5.41) is 0. The minimum atomic E-state index is -4.37. The first-order chi connectivity index (χ1) is 13.0. The van der Waals surface area contributed by atoms with E-state index in [0.717, 1.165) is 43.6 Å². The fourth-order valence-corrected chi connectivity index (χ4v) is 4.38. The lowest BCUT2D eigenvalue weighted by molar-refractivity contribution is -0.153. The molecule has 0 amide bonds. The number of alkyl halides is 3. The predicted molar refractivity (Wildman–Crippen MR) is 103 cm³/mol. The summed E-state index contributed by atoms with van der Waals surface area (Å²) in [7, 11) is 3.63. The fraction of sp³-hybridized carbons (Fsp3) is 0.714. The summed E-state index contributed by atoms with van der Waals surface area (Å²) in [5.74, 6) is 0.533. The minimum absolute atomic E-state index is 0.168. The molecule has 0 aliphatic carbocycles. The van der Waals surface area contributed by atoms with Gasteiger partial charge in [-0.2, -0.15) is 13.2 Å². The summed E-state index contributed by atoms with van der Waals surface area (Å²) in [4.78, 5) is 4.93. The molecule has 3 rings (SSSR count). The Morgan fingerprint density at radius 1 is 1.11 bits per heavy atom. The molecule has 7 heteroatoms. The molecule has 0 bridgehead atoms. The van der Waals surface area contributed by atoms with E-state index in [1.807, 2.05) is 6.07 Å². The Morgan fingerprint density at radius 3 is 2.43 bits per heavy atom. The molecule has 0 radical (unpaired) electrons. The number of piperazine rings is 1. The number of rotatable bonds is 4. The van der Waals surface area contributed by atoms with Crippen molar-refractivity contribution in [3.05, 3.63) is 23.3 Å². The summed E-state index contributed by atoms with van der Waals surface area (Å²) < 4.78 is 48.0. The van der Waals surface area contributed by atoms with Crippen molar-refractivity contribution in [2.45, 2.75) is 51.9 Å². The zero-order valence-corrected chi connectivity index (χ0v) is 17.4. The third-order valence-corrected chi connectivity index (χ3v) is 5.66. The van der Waals surface area contributed by atoms with E-state index in [1.54, 1.807) is 6.07 Å². The number of ether oxygens (including phenoxy) is 2. The number of benzene rings is 1. The SMILES string of the molecule is COc1cc2c(cc1OCC(F)(F)F)CCN1CC(CC(C)(C)C)N(C)CC21. The normalized spacial score (nSPS) is 23.9. The van der Waals surface area contributed by atoms with Gasteiger partial charge in [0.25, 0.3) is 0 Å². The zero-order chi connectivity index (χ0) is 20.7. The molecule has 1 aromatic carbocycles. The third-order valence-electron chi connectivity index (χ3n) is 5.66. The number of nitrogens with zero attached hydrogens (tertiary/aromatic N) is 2. The van der Waals surface area contributed by atoms with Crippen LogP contribution in [0.4, 0.5) is 13.2 Å². The van der Waals surface area contributed by atoms with Crippen molar-refractivity contribution in [3.63, 3.8) is 0 Å². The van der Waals surface area contributed by atoms with Gasteiger partial charge in [0, 0.05) is 31.7 Å². The molecule has 2 unspecified atom stereocenters. The lowest BCUT2D eigenvalue weighted by Gasteiger charge is -2.49. The Bertz CT molecular complexity index is 700. The average molecular weight is 400 g/mol. The highest BCUT2D eigenvalue weighted by molar-refractivity contribution is 5.49. The van der Waals surface area contributed by atoms with Gasteiger partial charge in [0.2, 0.25) is 0 Å². The van der Waals surface area contributed by atoms with E-state index < -0.39 is 12.8 Å². The van der Waals surface area contributed by atoms with Crippen LogP contribution in [0, 0.1) is 5.41 Å². The summed E-state index contributed by atoms with van der Waals surface area (Å²) in [6.07, 6.45) is -2.43. The molecule has 1 fully saturated rings. The van der Waals surface area contributed by atoms with Crippen LogP contribution in [-0.2, 0) is 6.42 Å². The smallest absolute Gasteiger partial charge is 0.422 e. The molecule has 1 aromatic rings. The van der Waals surface area contributed by atoms with Crippen LogP contribution in [-0.4, -0.2) is 62.4 Å². The molecule has 2 aliphatic rings. The van der Waals surface area contributed by atoms with Gasteiger partial charge in [-0.15, -0.1) is 0 Å². The highest BCUT2D eigenvalue weighted by atomic mass is 19.4. The summed E-state index contributed by atoms with van der Waals surface area (Å²) in [6, 6.07) is 4.35. The van der Waals surface area contributed by atoms with E-state index in [2.05, 4.69) is 37.6 Å². The van der Waals surface area contributed by atoms with E-state index in [-0.39, 0.29) is 17.2 Å². The quantitative estimate of drug-likeness (QED) is 0.753. The molecule has 0 spiro atoms. The molecule has 28 heavy (non-hydrogen) atoms. The van der Waals surface area contributed by atoms with Gasteiger partial charge in [0.15, 0.2) is 18.1 Å². The maximum Gasteiger partial charge on any atom is 0.422 e. The molecular weight excluding hydrogens is 369 g/mol. The van der Waals surface area contributed by atoms with E-state index in [1.165, 1.54) is 7.11 Å². The minimum Gasteiger partial charge on any atom is -0.493 e. The molecule has 0 saturated carbocycles. The third kappa shape index (κ3) is 4.92. The Labute approximate surface area is 165 Å². The Morgan fingerprint density at radius 2 is 1.82 bits per heavy atom. The van der Waals surface area contributed by atoms with Gasteiger partial charge in [-0.05, 0) is 48.6 Å². The summed E-state index contributed by atoms with van der Waals surface area (Å²) in [6.45, 7) is 8.32. The Hall–Kier alpha value is -1.47. The standard InChI is InChI=1S/C21H31F3N2O2/c1-20(2,3)10-15-11-26-7-6-14-8-19(28-13-21(22,23)24)18(27-5)9-16(14)17(26)12-25(15)4/h8-9,15,17H,6-7,10-13H2,1-5H3. The van der Waals surface area contributed by atoms with Crippen LogP contribution in [0.2, 0.25) is 0 Å². The monoisotopic (exact) mass is 400 g/mol. The van der Waals surface area contributed by atoms with Crippen LogP contribution in [0.5, 0.6) is 11.5 Å². The van der Waals surface area contributed by atoms with Gasteiger partial charge < -0.3 is 14.4 Å². The first-order valence-corrected chi connectivity index (χ1v) is 9.81. The van der Waals surface area contributed by atoms with Gasteiger partial charge in [-0.25, -0.2) is 0 Å². The Kier molecular flexibility index (Phi) is 5.88. The Balaban J connectivity index is 1.82. The van der Waals surface area contributed by atoms with Gasteiger partial charge >= 0.3 is 6.18 Å². The second-order valence-corrected chi connectivity index (χ2v) is 9.22. The van der Waals surface area contributed by atoms with Crippen LogP contribution in [0.25, 0.3) is 0 Å². The lowest BCUT2D eigenvalue weighted by atomic mass is 9.84. The molecule has 1 saturated heterocycles. The number of methoxy groups -OCH3 is 1. The molecule has 0 aromatic heterocycles. The number of hydrogen-bond acceptors (Lipinski definition) is 4. The first-order valence-electron chi connectivity index (χ1n) is 9.81. The van der Waals surface area contributed by atoms with Crippen LogP contribution in [0.1, 0.15) is 44.4 Å². The van der Waals surface area contributed by atoms with Gasteiger partial charge in [0.05, 0.1) is 7.11 Å². The maximum atomic E-state index is 12.6. The topological polar surface area (TPSA) is 24.9 Å². The second-order valence-electron chi connectivity index (χ2n) is 9.22. The van der Waals surface area contributed by atoms with Gasteiger partial charge in [0.1, 0.15) is 0 Å². The summed E-state index contributed by atoms with van der Waals surface area (Å²) >= 11 is 0. The van der Waals surface area contributed by atoms with Crippen LogP contribution >= 0.6 is 0 Å². The van der Waals surface area contributed by atoms with E-state index >= 15 is 0 Å². The second kappa shape index (κ2) is 7.75. The van der Waals surface area contributed by atoms with Crippen molar-refractivity contribution in [1.82, 2.24) is 9.80 Å². The van der Waals surface area contributed by atoms with Gasteiger partial charge in [-0.1, -0.05) is 20.8 Å². The predicted octanol–water partition coefficient (Wildman–Crippen LogP) is 4.29. The van der Waals surface area contributed by atoms with Crippen molar-refractivity contribution >= 4 is 0 Å². The first kappa shape index (κ1) is 21.2. The van der Waals surface area contributed by atoms with Crippen molar-refractivity contribution in [1.29, 1.82) is 0 Å². The largest absolute Gasteiger partial charge is 0.493 e. The number of halogens is 3. The fourth-order valence-electron chi connectivity index (χ4n) is 4.38. The molecular formula is C21H31F3N2O2. The number of likely N-dealkylation sites (N-methyl/N-ethyl adjacent to an activating group) is 1. The van der Waals surface area contributed by atoms with E-state index in [0.29, 0.717) is 11.8 Å². The highest BCUT2D eigenvalue weighted by Gasteiger charge is 2.38. The molecule has 2 aliphatic heterocycles. The zero-order valence-electron chi connectivity index (χ0n) is 17.4. The van der Waals surface area contributed by atoms with Crippen LogP contribution < -0.4 is 9.47 Å². The summed E-state index contributed by atoms with van der Waals surface area (Å²) in [5.41, 5.74) is 2.47. The molecule has 158 valence electrons. The highest BCUT2D eigenvalue weighted by Crippen LogP contribution is 2.41. The number of fused-ring (bicyclic) bond motifs is 3. The molecule has 0 N–H and O–H groups in total. The van der Waals surface area contributed by atoms with Crippen molar-refractivity contribution in [2.24, 2.45) is 5.41 Å². The van der Waals surface area contributed by atoms with Crippen LogP contribution in [0.15, 0.2) is 12.1 Å². The van der Waals surface area contributed by atoms with Crippen LogP contribution in [0.3, 0.4) is 0 Å². The average Bonchev–Trinajstić information content (AvgIpc) is 2.58. The van der Waals surface area contributed by atoms with Crippen molar-refractivity contribution < 1.29 is 22.6 Å². The van der Waals surface area contributed by atoms with E-state index in [4.69, 9.17) is 9.47 Å². The molecule has 2 atom stereocenters. The maximum absolute atomic E-state index is 12.6. The van der Waals surface area contributed by atoms with Gasteiger partial charge in [-0.3, -0.25) is 4.90 Å². The van der Waals surface area contributed by atoms with Crippen molar-refractivity contribution in [2.75, 3.05) is 40.4 Å². The van der Waals surface area contributed by atoms with Crippen molar-refractivity contribution in [3.8, 4) is 11.5 Å². The number of hydrogen-bond donors (Lipinski definition) is 0.